The van der Waals surface area contributed by atoms with Crippen LogP contribution in [0.1, 0.15) is 25.7 Å². The molecule has 1 aromatic heterocycles. The molecule has 0 amide bonds. The quantitative estimate of drug-likeness (QED) is 0.825. The molecule has 20 heavy (non-hydrogen) atoms. The lowest BCUT2D eigenvalue weighted by Gasteiger charge is -2.26. The number of carbonyl (C=O) groups excluding carboxylic acids is 1. The molecule has 1 fully saturated rings. The van der Waals surface area contributed by atoms with Crippen LogP contribution in [-0.2, 0) is 9.53 Å². The number of halogens is 1. The Labute approximate surface area is 122 Å². The van der Waals surface area contributed by atoms with E-state index in [9.17, 15) is 4.79 Å². The third-order valence-electron chi connectivity index (χ3n) is 3.08. The van der Waals surface area contributed by atoms with E-state index in [1.54, 1.807) is 0 Å². The van der Waals surface area contributed by atoms with Crippen molar-refractivity contribution in [3.05, 3.63) is 5.28 Å². The molecule has 0 bridgehead atoms. The molecular weight excluding hydrogens is 282 g/mol. The van der Waals surface area contributed by atoms with E-state index in [2.05, 4.69) is 29.9 Å². The van der Waals surface area contributed by atoms with E-state index in [1.165, 1.54) is 13.5 Å². The van der Waals surface area contributed by atoms with Crippen molar-refractivity contribution in [2.24, 2.45) is 0 Å². The molecule has 0 saturated carbocycles. The Kier molecular flexibility index (Phi) is 5.34. The van der Waals surface area contributed by atoms with Crippen LogP contribution in [0.4, 0.5) is 11.9 Å². The highest BCUT2D eigenvalue weighted by atomic mass is 35.5. The summed E-state index contributed by atoms with van der Waals surface area (Å²) in [6, 6.07) is 0. The number of aromatic nitrogens is 3. The minimum atomic E-state index is -0.283. The fraction of sp³-hybridized carbons (Fsp3) is 0.667. The molecule has 1 aliphatic rings. The highest BCUT2D eigenvalue weighted by molar-refractivity contribution is 6.28. The third-order valence-corrected chi connectivity index (χ3v) is 3.24. The van der Waals surface area contributed by atoms with Crippen LogP contribution in [0.5, 0.6) is 0 Å². The van der Waals surface area contributed by atoms with Gasteiger partial charge < -0.3 is 15.0 Å². The molecular formula is C12H18ClN5O2. The van der Waals surface area contributed by atoms with E-state index in [0.717, 1.165) is 25.9 Å². The second-order valence-corrected chi connectivity index (χ2v) is 4.87. The molecule has 0 radical (unpaired) electrons. The first kappa shape index (κ1) is 14.8. The molecule has 1 N–H and O–H groups in total. The van der Waals surface area contributed by atoms with Gasteiger partial charge in [0.05, 0.1) is 13.5 Å². The van der Waals surface area contributed by atoms with Crippen molar-refractivity contribution in [2.45, 2.75) is 25.7 Å². The summed E-state index contributed by atoms with van der Waals surface area (Å²) in [5, 5.41) is 3.11. The maximum atomic E-state index is 11.0. The summed E-state index contributed by atoms with van der Waals surface area (Å²) in [7, 11) is 1.36. The Morgan fingerprint density at radius 1 is 1.30 bits per heavy atom. The Balaban J connectivity index is 1.98. The first-order chi connectivity index (χ1) is 9.69. The monoisotopic (exact) mass is 299 g/mol. The van der Waals surface area contributed by atoms with Gasteiger partial charge >= 0.3 is 5.97 Å². The molecule has 2 rings (SSSR count). The largest absolute Gasteiger partial charge is 0.469 e. The van der Waals surface area contributed by atoms with Crippen LogP contribution in [0, 0.1) is 0 Å². The van der Waals surface area contributed by atoms with E-state index in [-0.39, 0.29) is 17.7 Å². The summed E-state index contributed by atoms with van der Waals surface area (Å²) >= 11 is 5.92. The number of piperidine rings is 1. The van der Waals surface area contributed by atoms with Gasteiger partial charge in [-0.15, -0.1) is 0 Å². The second-order valence-electron chi connectivity index (χ2n) is 4.53. The van der Waals surface area contributed by atoms with Crippen LogP contribution >= 0.6 is 11.6 Å². The van der Waals surface area contributed by atoms with Crippen molar-refractivity contribution in [3.63, 3.8) is 0 Å². The van der Waals surface area contributed by atoms with Gasteiger partial charge in [-0.25, -0.2) is 0 Å². The van der Waals surface area contributed by atoms with E-state index in [4.69, 9.17) is 11.6 Å². The van der Waals surface area contributed by atoms with Crippen LogP contribution in [0.25, 0.3) is 0 Å². The topological polar surface area (TPSA) is 80.2 Å². The summed E-state index contributed by atoms with van der Waals surface area (Å²) in [4.78, 5) is 25.6. The lowest BCUT2D eigenvalue weighted by Crippen LogP contribution is -2.31. The Morgan fingerprint density at radius 3 is 2.75 bits per heavy atom. The van der Waals surface area contributed by atoms with Crippen LogP contribution < -0.4 is 10.2 Å². The molecule has 1 aliphatic heterocycles. The molecule has 0 unspecified atom stereocenters. The van der Waals surface area contributed by atoms with Gasteiger partial charge in [-0.2, -0.15) is 15.0 Å². The van der Waals surface area contributed by atoms with E-state index in [1.807, 2.05) is 0 Å². The second kappa shape index (κ2) is 7.23. The van der Waals surface area contributed by atoms with Crippen molar-refractivity contribution < 1.29 is 9.53 Å². The number of rotatable bonds is 5. The Hall–Kier alpha value is -1.63. The highest BCUT2D eigenvalue weighted by Gasteiger charge is 2.15. The standard InChI is InChI=1S/C12H18ClN5O2/c1-20-9(19)5-6-14-11-15-10(13)16-12(17-11)18-7-3-2-4-8-18/h2-8H2,1H3,(H,14,15,16,17). The zero-order valence-electron chi connectivity index (χ0n) is 11.4. The van der Waals surface area contributed by atoms with Gasteiger partial charge in [0, 0.05) is 19.6 Å². The van der Waals surface area contributed by atoms with E-state index >= 15 is 0 Å². The smallest absolute Gasteiger partial charge is 0.307 e. The summed E-state index contributed by atoms with van der Waals surface area (Å²) in [5.74, 6) is 0.689. The molecule has 0 aromatic carbocycles. The average Bonchev–Trinajstić information content (AvgIpc) is 2.47. The predicted octanol–water partition coefficient (Wildman–Crippen LogP) is 1.49. The number of esters is 1. The summed E-state index contributed by atoms with van der Waals surface area (Å²) in [6.45, 7) is 2.26. The summed E-state index contributed by atoms with van der Waals surface area (Å²) < 4.78 is 4.56. The molecule has 1 aromatic rings. The van der Waals surface area contributed by atoms with Crippen molar-refractivity contribution in [2.75, 3.05) is 37.0 Å². The van der Waals surface area contributed by atoms with E-state index < -0.39 is 0 Å². The van der Waals surface area contributed by atoms with Gasteiger partial charge in [0.1, 0.15) is 0 Å². The first-order valence-electron chi connectivity index (χ1n) is 6.66. The van der Waals surface area contributed by atoms with Gasteiger partial charge in [-0.1, -0.05) is 0 Å². The zero-order chi connectivity index (χ0) is 14.4. The van der Waals surface area contributed by atoms with E-state index in [0.29, 0.717) is 18.4 Å². The van der Waals surface area contributed by atoms with Crippen molar-refractivity contribution in [1.82, 2.24) is 15.0 Å². The average molecular weight is 300 g/mol. The number of nitrogens with one attached hydrogen (secondary N) is 1. The lowest BCUT2D eigenvalue weighted by atomic mass is 10.1. The number of hydrogen-bond acceptors (Lipinski definition) is 7. The third kappa shape index (κ3) is 4.19. The number of anilines is 2. The van der Waals surface area contributed by atoms with Gasteiger partial charge in [0.2, 0.25) is 17.2 Å². The molecule has 0 spiro atoms. The number of hydrogen-bond donors (Lipinski definition) is 1. The molecule has 0 atom stereocenters. The minimum absolute atomic E-state index is 0.154. The van der Waals surface area contributed by atoms with Crippen molar-refractivity contribution in [3.8, 4) is 0 Å². The summed E-state index contributed by atoms with van der Waals surface area (Å²) in [5.41, 5.74) is 0. The minimum Gasteiger partial charge on any atom is -0.469 e. The van der Waals surface area contributed by atoms with Crippen LogP contribution in [0.15, 0.2) is 0 Å². The van der Waals surface area contributed by atoms with Crippen LogP contribution in [0.2, 0.25) is 5.28 Å². The van der Waals surface area contributed by atoms with Gasteiger partial charge in [-0.3, -0.25) is 4.79 Å². The number of nitrogens with zero attached hydrogens (tertiary/aromatic N) is 4. The first-order valence-corrected chi connectivity index (χ1v) is 7.04. The lowest BCUT2D eigenvalue weighted by molar-refractivity contribution is -0.140. The molecule has 0 aliphatic carbocycles. The fourth-order valence-corrected chi connectivity index (χ4v) is 2.19. The van der Waals surface area contributed by atoms with Crippen molar-refractivity contribution in [1.29, 1.82) is 0 Å². The maximum absolute atomic E-state index is 11.0. The molecule has 2 heterocycles. The SMILES string of the molecule is COC(=O)CCNc1nc(Cl)nc(N2CCCCC2)n1. The zero-order valence-corrected chi connectivity index (χ0v) is 12.2. The Morgan fingerprint density at radius 2 is 2.05 bits per heavy atom. The molecule has 110 valence electrons. The van der Waals surface area contributed by atoms with Crippen molar-refractivity contribution >= 4 is 29.5 Å². The molecule has 8 heteroatoms. The highest BCUT2D eigenvalue weighted by Crippen LogP contribution is 2.18. The molecule has 7 nitrogen and oxygen atoms in total. The van der Waals surface area contributed by atoms with Crippen LogP contribution in [0.3, 0.4) is 0 Å². The van der Waals surface area contributed by atoms with Crippen LogP contribution in [-0.4, -0.2) is 47.7 Å². The van der Waals surface area contributed by atoms with Gasteiger partial charge in [0.15, 0.2) is 0 Å². The number of ether oxygens (including phenoxy) is 1. The fourth-order valence-electron chi connectivity index (χ4n) is 2.03. The maximum Gasteiger partial charge on any atom is 0.307 e. The predicted molar refractivity (Wildman–Crippen MR) is 76.0 cm³/mol. The normalized spacial score (nSPS) is 15.0. The number of carbonyl (C=O) groups is 1. The summed E-state index contributed by atoms with van der Waals surface area (Å²) in [6.07, 6.45) is 3.75. The number of methoxy groups -OCH3 is 1. The van der Waals surface area contributed by atoms with Gasteiger partial charge in [-0.05, 0) is 30.9 Å². The van der Waals surface area contributed by atoms with Gasteiger partial charge in [0.25, 0.3) is 0 Å². The molecule has 1 saturated heterocycles. The Bertz CT molecular complexity index is 465.